The smallest absolute Gasteiger partial charge is 0.103 e. The molecule has 1 fully saturated rings. The predicted molar refractivity (Wildman–Crippen MR) is 80.9 cm³/mol. The third-order valence-electron chi connectivity index (χ3n) is 4.98. The molecule has 0 aromatic rings. The first-order valence-corrected chi connectivity index (χ1v) is 7.14. The molecule has 96 valence electrons. The van der Waals surface area contributed by atoms with Crippen LogP contribution in [0, 0.1) is 10.8 Å². The molecule has 1 unspecified atom stereocenters. The summed E-state index contributed by atoms with van der Waals surface area (Å²) in [4.78, 5) is 0. The highest BCUT2D eigenvalue weighted by Gasteiger charge is 2.33. The van der Waals surface area contributed by atoms with E-state index in [0.29, 0.717) is 0 Å². The molecule has 0 radical (unpaired) electrons. The number of hydrogen-bond acceptors (Lipinski definition) is 0. The number of allylic oxidation sites excluding steroid dienone is 3. The first kappa shape index (κ1) is 14.6. The highest BCUT2D eigenvalue weighted by Crippen LogP contribution is 2.43. The Balaban J connectivity index is 2.66. The number of rotatable bonds is 4. The van der Waals surface area contributed by atoms with Gasteiger partial charge < -0.3 is 0 Å². The second-order valence-corrected chi connectivity index (χ2v) is 6.96. The van der Waals surface area contributed by atoms with Crippen LogP contribution in [0.2, 0.25) is 19.0 Å². The highest BCUT2D eigenvalue weighted by atomic mass is 14.4. The van der Waals surface area contributed by atoms with E-state index in [1.54, 1.807) is 5.57 Å². The van der Waals surface area contributed by atoms with Crippen molar-refractivity contribution in [2.75, 3.05) is 0 Å². The molecule has 0 spiro atoms. The maximum Gasteiger partial charge on any atom is 0.144 e. The maximum atomic E-state index is 4.05. The van der Waals surface area contributed by atoms with E-state index in [1.807, 2.05) is 0 Å². The van der Waals surface area contributed by atoms with Crippen LogP contribution in [0.4, 0.5) is 0 Å². The van der Waals surface area contributed by atoms with Crippen LogP contribution in [0.3, 0.4) is 0 Å². The van der Waals surface area contributed by atoms with Crippen LogP contribution < -0.4 is 0 Å². The van der Waals surface area contributed by atoms with Crippen molar-refractivity contribution in [3.63, 3.8) is 0 Å². The van der Waals surface area contributed by atoms with Gasteiger partial charge in [-0.2, -0.15) is 0 Å². The largest absolute Gasteiger partial charge is 0.144 e. The monoisotopic (exact) mass is 232 g/mol. The van der Waals surface area contributed by atoms with E-state index in [9.17, 15) is 0 Å². The molecule has 1 aliphatic heterocycles. The van der Waals surface area contributed by atoms with Crippen LogP contribution in [-0.2, 0) is 0 Å². The van der Waals surface area contributed by atoms with Crippen LogP contribution >= 0.6 is 0 Å². The quantitative estimate of drug-likeness (QED) is 0.446. The molecule has 0 saturated carbocycles. The molecule has 17 heavy (non-hydrogen) atoms. The summed E-state index contributed by atoms with van der Waals surface area (Å²) in [5.41, 5.74) is 2.19. The Bertz CT molecular complexity index is 295. The maximum absolute atomic E-state index is 4.05. The van der Waals surface area contributed by atoms with Gasteiger partial charge in [-0.15, -0.1) is 6.58 Å². The predicted octanol–water partition coefficient (Wildman–Crippen LogP) is 5.46. The van der Waals surface area contributed by atoms with Crippen molar-refractivity contribution < 1.29 is 0 Å². The van der Waals surface area contributed by atoms with E-state index in [4.69, 9.17) is 0 Å². The molecule has 1 saturated heterocycles. The Morgan fingerprint density at radius 1 is 1.29 bits per heavy atom. The Labute approximate surface area is 109 Å². The minimum atomic E-state index is 0.213. The van der Waals surface area contributed by atoms with E-state index >= 15 is 0 Å². The van der Waals surface area contributed by atoms with Gasteiger partial charge in [0.1, 0.15) is 6.71 Å². The van der Waals surface area contributed by atoms with Crippen LogP contribution in [0.1, 0.15) is 47.5 Å². The van der Waals surface area contributed by atoms with E-state index in [1.165, 1.54) is 25.4 Å². The molecule has 1 atom stereocenters. The van der Waals surface area contributed by atoms with Crippen LogP contribution in [0.25, 0.3) is 0 Å². The molecule has 0 N–H and O–H groups in total. The summed E-state index contributed by atoms with van der Waals surface area (Å²) in [5.74, 6) is 0. The molecule has 1 aliphatic rings. The third kappa shape index (κ3) is 3.50. The molecule has 1 rings (SSSR count). The Kier molecular flexibility index (Phi) is 4.69. The van der Waals surface area contributed by atoms with Crippen molar-refractivity contribution in [2.45, 2.75) is 66.4 Å². The summed E-state index contributed by atoms with van der Waals surface area (Å²) < 4.78 is 0. The molecular weight excluding hydrogens is 203 g/mol. The topological polar surface area (TPSA) is 0 Å². The van der Waals surface area contributed by atoms with Gasteiger partial charge in [-0.25, -0.2) is 0 Å². The van der Waals surface area contributed by atoms with E-state index < -0.39 is 0 Å². The average molecular weight is 232 g/mol. The first-order chi connectivity index (χ1) is 7.82. The lowest BCUT2D eigenvalue weighted by atomic mass is 9.46. The Morgan fingerprint density at radius 2 is 1.94 bits per heavy atom. The van der Waals surface area contributed by atoms with Gasteiger partial charge in [0.25, 0.3) is 0 Å². The fourth-order valence-corrected chi connectivity index (χ4v) is 2.55. The van der Waals surface area contributed by atoms with Gasteiger partial charge in [0.2, 0.25) is 0 Å². The Morgan fingerprint density at radius 3 is 2.35 bits per heavy atom. The zero-order valence-corrected chi connectivity index (χ0v) is 12.5. The molecule has 0 aromatic heterocycles. The minimum Gasteiger partial charge on any atom is -0.103 e. The van der Waals surface area contributed by atoms with E-state index in [2.05, 4.69) is 53.3 Å². The van der Waals surface area contributed by atoms with E-state index in [-0.39, 0.29) is 10.8 Å². The normalized spacial score (nSPS) is 22.9. The van der Waals surface area contributed by atoms with Crippen molar-refractivity contribution in [2.24, 2.45) is 10.8 Å². The van der Waals surface area contributed by atoms with Crippen LogP contribution in [-0.4, -0.2) is 6.71 Å². The van der Waals surface area contributed by atoms with Crippen molar-refractivity contribution in [3.05, 3.63) is 24.3 Å². The standard InChI is InChI=1S/C16H29B/c1-7-16(6,15(3,4)5)11-9-14-10-12-17(8-2)13-14/h7,9H,1,8,10-13H2,2-6H3/b14-9-. The second kappa shape index (κ2) is 5.46. The lowest BCUT2D eigenvalue weighted by Crippen LogP contribution is -2.30. The summed E-state index contributed by atoms with van der Waals surface area (Å²) in [6, 6.07) is 0. The van der Waals surface area contributed by atoms with Gasteiger partial charge in [-0.3, -0.25) is 0 Å². The molecule has 0 aliphatic carbocycles. The molecule has 0 aromatic carbocycles. The summed E-state index contributed by atoms with van der Waals surface area (Å²) >= 11 is 0. The average Bonchev–Trinajstić information content (AvgIpc) is 2.72. The summed E-state index contributed by atoms with van der Waals surface area (Å²) in [5, 5.41) is 0. The van der Waals surface area contributed by atoms with Gasteiger partial charge in [0.05, 0.1) is 0 Å². The molecule has 0 bridgehead atoms. The highest BCUT2D eigenvalue weighted by molar-refractivity contribution is 6.60. The molecule has 0 nitrogen and oxygen atoms in total. The van der Waals surface area contributed by atoms with Gasteiger partial charge in [0, 0.05) is 0 Å². The van der Waals surface area contributed by atoms with Gasteiger partial charge in [-0.1, -0.05) is 71.3 Å². The lowest BCUT2D eigenvalue weighted by Gasteiger charge is -2.39. The van der Waals surface area contributed by atoms with Crippen LogP contribution in [0.5, 0.6) is 0 Å². The zero-order valence-electron chi connectivity index (χ0n) is 12.5. The lowest BCUT2D eigenvalue weighted by molar-refractivity contribution is 0.172. The van der Waals surface area contributed by atoms with Crippen molar-refractivity contribution in [3.8, 4) is 0 Å². The molecule has 1 heterocycles. The minimum absolute atomic E-state index is 0.213. The molecule has 1 heteroatoms. The Hall–Kier alpha value is -0.455. The van der Waals surface area contributed by atoms with E-state index in [0.717, 1.165) is 13.1 Å². The molecule has 0 amide bonds. The van der Waals surface area contributed by atoms with Crippen molar-refractivity contribution in [1.29, 1.82) is 0 Å². The zero-order chi connectivity index (χ0) is 13.1. The summed E-state index contributed by atoms with van der Waals surface area (Å²) in [6.07, 6.45) is 11.2. The van der Waals surface area contributed by atoms with Gasteiger partial charge in [0.15, 0.2) is 0 Å². The number of hydrogen-bond donors (Lipinski definition) is 0. The third-order valence-corrected chi connectivity index (χ3v) is 4.98. The van der Waals surface area contributed by atoms with Gasteiger partial charge in [-0.05, 0) is 23.7 Å². The summed E-state index contributed by atoms with van der Waals surface area (Å²) in [7, 11) is 0. The fourth-order valence-electron chi connectivity index (χ4n) is 2.55. The fraction of sp³-hybridized carbons (Fsp3) is 0.750. The SMILES string of the molecule is C=CC(C)(C/C=C1/CCB(CC)C1)C(C)(C)C. The second-order valence-electron chi connectivity index (χ2n) is 6.96. The molecular formula is C16H29B. The first-order valence-electron chi connectivity index (χ1n) is 7.14. The van der Waals surface area contributed by atoms with Gasteiger partial charge >= 0.3 is 0 Å². The summed E-state index contributed by atoms with van der Waals surface area (Å²) in [6.45, 7) is 16.6. The van der Waals surface area contributed by atoms with Crippen LogP contribution in [0.15, 0.2) is 24.3 Å². The van der Waals surface area contributed by atoms with Crippen molar-refractivity contribution >= 4 is 6.71 Å². The van der Waals surface area contributed by atoms with Crippen molar-refractivity contribution in [1.82, 2.24) is 0 Å².